The van der Waals surface area contributed by atoms with Crippen LogP contribution in [0.3, 0.4) is 0 Å². The average molecular weight is 169 g/mol. The van der Waals surface area contributed by atoms with Crippen molar-refractivity contribution in [1.82, 2.24) is 5.32 Å². The lowest BCUT2D eigenvalue weighted by Gasteiger charge is -2.37. The molecule has 1 saturated heterocycles. The van der Waals surface area contributed by atoms with Crippen molar-refractivity contribution in [2.75, 3.05) is 6.54 Å². The van der Waals surface area contributed by atoms with E-state index >= 15 is 0 Å². The Kier molecular flexibility index (Phi) is 3.16. The largest absolute Gasteiger partial charge is 0.312 e. The molecule has 1 unspecified atom stereocenters. The fourth-order valence-electron chi connectivity index (χ4n) is 2.38. The lowest BCUT2D eigenvalue weighted by molar-refractivity contribution is 0.207. The second-order valence-electron chi connectivity index (χ2n) is 5.30. The van der Waals surface area contributed by atoms with Crippen LogP contribution in [0, 0.1) is 11.8 Å². The molecule has 0 spiro atoms. The maximum absolute atomic E-state index is 3.56. The predicted octanol–water partition coefficient (Wildman–Crippen LogP) is 2.81. The molecule has 0 aromatic rings. The summed E-state index contributed by atoms with van der Waals surface area (Å²) < 4.78 is 0. The van der Waals surface area contributed by atoms with Crippen molar-refractivity contribution < 1.29 is 0 Å². The van der Waals surface area contributed by atoms with Gasteiger partial charge < -0.3 is 5.32 Å². The normalized spacial score (nSPS) is 29.2. The van der Waals surface area contributed by atoms with Gasteiger partial charge in [-0.1, -0.05) is 13.8 Å². The maximum atomic E-state index is 3.56. The molecule has 0 bridgehead atoms. The predicted molar refractivity (Wildman–Crippen MR) is 54.3 cm³/mol. The summed E-state index contributed by atoms with van der Waals surface area (Å²) in [6.07, 6.45) is 4.14. The minimum absolute atomic E-state index is 0.387. The first-order chi connectivity index (χ1) is 5.49. The third-order valence-corrected chi connectivity index (χ3v) is 2.76. The van der Waals surface area contributed by atoms with E-state index in [1.807, 2.05) is 0 Å². The second kappa shape index (κ2) is 3.78. The van der Waals surface area contributed by atoms with Crippen LogP contribution in [0.25, 0.3) is 0 Å². The molecule has 1 aliphatic rings. The SMILES string of the molecule is CC(C)CC1CCNC(C)(C)C1. The van der Waals surface area contributed by atoms with Crippen LogP contribution in [0.15, 0.2) is 0 Å². The topological polar surface area (TPSA) is 12.0 Å². The van der Waals surface area contributed by atoms with E-state index in [0.717, 1.165) is 11.8 Å². The van der Waals surface area contributed by atoms with Crippen molar-refractivity contribution >= 4 is 0 Å². The summed E-state index contributed by atoms with van der Waals surface area (Å²) in [5.41, 5.74) is 0.387. The van der Waals surface area contributed by atoms with Crippen molar-refractivity contribution in [1.29, 1.82) is 0 Å². The molecular formula is C11H23N. The van der Waals surface area contributed by atoms with Crippen molar-refractivity contribution in [2.45, 2.75) is 52.5 Å². The quantitative estimate of drug-likeness (QED) is 0.670. The molecule has 0 radical (unpaired) electrons. The van der Waals surface area contributed by atoms with Gasteiger partial charge in [-0.05, 0) is 51.5 Å². The average Bonchev–Trinajstić information content (AvgIpc) is 1.82. The van der Waals surface area contributed by atoms with Gasteiger partial charge in [0.2, 0.25) is 0 Å². The Morgan fingerprint density at radius 3 is 2.58 bits per heavy atom. The second-order valence-corrected chi connectivity index (χ2v) is 5.30. The number of nitrogens with one attached hydrogen (secondary N) is 1. The van der Waals surface area contributed by atoms with Crippen molar-refractivity contribution in [3.05, 3.63) is 0 Å². The first kappa shape index (κ1) is 10.0. The van der Waals surface area contributed by atoms with E-state index in [-0.39, 0.29) is 0 Å². The summed E-state index contributed by atoms with van der Waals surface area (Å²) in [6.45, 7) is 10.5. The third-order valence-electron chi connectivity index (χ3n) is 2.76. The van der Waals surface area contributed by atoms with Crippen LogP contribution in [0.1, 0.15) is 47.0 Å². The van der Waals surface area contributed by atoms with Crippen LogP contribution in [-0.4, -0.2) is 12.1 Å². The van der Waals surface area contributed by atoms with Gasteiger partial charge in [0, 0.05) is 5.54 Å². The first-order valence-corrected chi connectivity index (χ1v) is 5.24. The molecule has 0 aromatic heterocycles. The van der Waals surface area contributed by atoms with Gasteiger partial charge >= 0.3 is 0 Å². The van der Waals surface area contributed by atoms with E-state index in [1.165, 1.54) is 25.8 Å². The van der Waals surface area contributed by atoms with E-state index < -0.39 is 0 Å². The molecule has 1 rings (SSSR count). The molecule has 1 aliphatic heterocycles. The number of piperidine rings is 1. The summed E-state index contributed by atoms with van der Waals surface area (Å²) in [6, 6.07) is 0. The smallest absolute Gasteiger partial charge is 0.0127 e. The Morgan fingerprint density at radius 1 is 1.42 bits per heavy atom. The molecule has 72 valence electrons. The van der Waals surface area contributed by atoms with Gasteiger partial charge in [0.15, 0.2) is 0 Å². The minimum atomic E-state index is 0.387. The molecular weight excluding hydrogens is 146 g/mol. The van der Waals surface area contributed by atoms with Crippen LogP contribution in [-0.2, 0) is 0 Å². The summed E-state index contributed by atoms with van der Waals surface area (Å²) >= 11 is 0. The van der Waals surface area contributed by atoms with Crippen molar-refractivity contribution in [3.63, 3.8) is 0 Å². The highest BCUT2D eigenvalue weighted by molar-refractivity contribution is 4.86. The van der Waals surface area contributed by atoms with Crippen LogP contribution < -0.4 is 5.32 Å². The van der Waals surface area contributed by atoms with Gasteiger partial charge in [0.05, 0.1) is 0 Å². The Morgan fingerprint density at radius 2 is 2.08 bits per heavy atom. The molecule has 0 amide bonds. The maximum Gasteiger partial charge on any atom is 0.0127 e. The van der Waals surface area contributed by atoms with Gasteiger partial charge in [0.25, 0.3) is 0 Å². The molecule has 1 N–H and O–H groups in total. The van der Waals surface area contributed by atoms with Gasteiger partial charge in [-0.2, -0.15) is 0 Å². The lowest BCUT2D eigenvalue weighted by atomic mass is 9.80. The zero-order chi connectivity index (χ0) is 9.19. The Hall–Kier alpha value is -0.0400. The van der Waals surface area contributed by atoms with E-state index in [0.29, 0.717) is 5.54 Å². The summed E-state index contributed by atoms with van der Waals surface area (Å²) in [4.78, 5) is 0. The van der Waals surface area contributed by atoms with Crippen LogP contribution in [0.2, 0.25) is 0 Å². The Bertz CT molecular complexity index is 138. The fourth-order valence-corrected chi connectivity index (χ4v) is 2.38. The highest BCUT2D eigenvalue weighted by atomic mass is 15.0. The van der Waals surface area contributed by atoms with Gasteiger partial charge in [-0.3, -0.25) is 0 Å². The van der Waals surface area contributed by atoms with E-state index in [1.54, 1.807) is 0 Å². The minimum Gasteiger partial charge on any atom is -0.312 e. The molecule has 12 heavy (non-hydrogen) atoms. The lowest BCUT2D eigenvalue weighted by Crippen LogP contribution is -2.46. The van der Waals surface area contributed by atoms with E-state index in [4.69, 9.17) is 0 Å². The third kappa shape index (κ3) is 3.14. The molecule has 1 fully saturated rings. The van der Waals surface area contributed by atoms with Crippen molar-refractivity contribution in [3.8, 4) is 0 Å². The zero-order valence-electron chi connectivity index (χ0n) is 8.98. The Labute approximate surface area is 76.9 Å². The van der Waals surface area contributed by atoms with Gasteiger partial charge in [-0.25, -0.2) is 0 Å². The van der Waals surface area contributed by atoms with Crippen LogP contribution in [0.5, 0.6) is 0 Å². The molecule has 0 aliphatic carbocycles. The summed E-state index contributed by atoms with van der Waals surface area (Å²) in [5, 5.41) is 3.56. The monoisotopic (exact) mass is 169 g/mol. The fraction of sp³-hybridized carbons (Fsp3) is 1.00. The molecule has 0 aromatic carbocycles. The molecule has 1 nitrogen and oxygen atoms in total. The number of rotatable bonds is 2. The zero-order valence-corrected chi connectivity index (χ0v) is 8.98. The highest BCUT2D eigenvalue weighted by Gasteiger charge is 2.27. The summed E-state index contributed by atoms with van der Waals surface area (Å²) in [5.74, 6) is 1.82. The van der Waals surface area contributed by atoms with Crippen molar-refractivity contribution in [2.24, 2.45) is 11.8 Å². The summed E-state index contributed by atoms with van der Waals surface area (Å²) in [7, 11) is 0. The standard InChI is InChI=1S/C11H23N/c1-9(2)7-10-5-6-12-11(3,4)8-10/h9-10,12H,5-8H2,1-4H3. The molecule has 1 heterocycles. The molecule has 1 heteroatoms. The van der Waals surface area contributed by atoms with Crippen LogP contribution in [0.4, 0.5) is 0 Å². The molecule has 0 saturated carbocycles. The highest BCUT2D eigenvalue weighted by Crippen LogP contribution is 2.28. The Balaban J connectivity index is 2.36. The van der Waals surface area contributed by atoms with E-state index in [9.17, 15) is 0 Å². The molecule has 1 atom stereocenters. The first-order valence-electron chi connectivity index (χ1n) is 5.24. The van der Waals surface area contributed by atoms with Gasteiger partial charge in [0.1, 0.15) is 0 Å². The van der Waals surface area contributed by atoms with Gasteiger partial charge in [-0.15, -0.1) is 0 Å². The number of hydrogen-bond donors (Lipinski definition) is 1. The van der Waals surface area contributed by atoms with E-state index in [2.05, 4.69) is 33.0 Å². The van der Waals surface area contributed by atoms with Crippen LogP contribution >= 0.6 is 0 Å². The number of hydrogen-bond acceptors (Lipinski definition) is 1.